The molecule has 164 valence electrons. The molecule has 1 saturated carbocycles. The summed E-state index contributed by atoms with van der Waals surface area (Å²) in [6, 6.07) is 0. The lowest BCUT2D eigenvalue weighted by atomic mass is 9.47. The molecule has 1 fully saturated rings. The van der Waals surface area contributed by atoms with Crippen LogP contribution in [0, 0.1) is 39.9 Å². The van der Waals surface area contributed by atoms with Gasteiger partial charge < -0.3 is 0 Å². The molecule has 29 heavy (non-hydrogen) atoms. The van der Waals surface area contributed by atoms with Crippen molar-refractivity contribution in [2.24, 2.45) is 39.9 Å². The van der Waals surface area contributed by atoms with Crippen LogP contribution in [0.25, 0.3) is 0 Å². The Morgan fingerprint density at radius 2 is 1.69 bits per heavy atom. The van der Waals surface area contributed by atoms with Gasteiger partial charge in [0.2, 0.25) is 0 Å². The second-order valence-electron chi connectivity index (χ2n) is 13.0. The fourth-order valence-corrected chi connectivity index (χ4v) is 8.73. The van der Waals surface area contributed by atoms with E-state index in [2.05, 4.69) is 54.5 Å². The molecule has 0 aliphatic heterocycles. The molecule has 1 unspecified atom stereocenters. The van der Waals surface area contributed by atoms with E-state index in [-0.39, 0.29) is 0 Å². The van der Waals surface area contributed by atoms with Gasteiger partial charge in [0.15, 0.2) is 0 Å². The molecule has 0 aromatic rings. The molecule has 0 spiro atoms. The second-order valence-corrected chi connectivity index (χ2v) is 13.0. The third-order valence-corrected chi connectivity index (χ3v) is 10.3. The summed E-state index contributed by atoms with van der Waals surface area (Å²) in [6.07, 6.45) is 18.2. The van der Waals surface area contributed by atoms with Gasteiger partial charge in [0.1, 0.15) is 0 Å². The molecule has 0 radical (unpaired) electrons. The molecular formula is C29H48. The highest BCUT2D eigenvalue weighted by atomic mass is 14.6. The third-order valence-electron chi connectivity index (χ3n) is 10.3. The van der Waals surface area contributed by atoms with Crippen molar-refractivity contribution in [2.45, 2.75) is 119 Å². The number of hydrogen-bond donors (Lipinski definition) is 0. The van der Waals surface area contributed by atoms with Crippen LogP contribution in [0.5, 0.6) is 0 Å². The van der Waals surface area contributed by atoms with E-state index < -0.39 is 0 Å². The van der Waals surface area contributed by atoms with E-state index in [4.69, 9.17) is 0 Å². The van der Waals surface area contributed by atoms with Gasteiger partial charge in [0.05, 0.1) is 0 Å². The van der Waals surface area contributed by atoms with E-state index in [1.807, 2.05) is 16.7 Å². The highest BCUT2D eigenvalue weighted by Crippen LogP contribution is 2.66. The van der Waals surface area contributed by atoms with Crippen molar-refractivity contribution in [1.29, 1.82) is 0 Å². The van der Waals surface area contributed by atoms with Crippen LogP contribution in [0.2, 0.25) is 0 Å². The van der Waals surface area contributed by atoms with Gasteiger partial charge in [-0.3, -0.25) is 0 Å². The zero-order valence-corrected chi connectivity index (χ0v) is 20.7. The van der Waals surface area contributed by atoms with Gasteiger partial charge in [-0.1, -0.05) is 85.8 Å². The SMILES string of the molecule is CC(C)CCC[C@@H](C)[C@H]1CC=C2C3=C(CC[C@@]21C)[C@@]1(C)CCCC(C)(C)C1CC3. The van der Waals surface area contributed by atoms with Gasteiger partial charge in [-0.2, -0.15) is 0 Å². The van der Waals surface area contributed by atoms with E-state index in [0.717, 1.165) is 23.7 Å². The average molecular weight is 397 g/mol. The first-order chi connectivity index (χ1) is 13.6. The second kappa shape index (κ2) is 7.56. The molecule has 0 bridgehead atoms. The van der Waals surface area contributed by atoms with Gasteiger partial charge in [-0.15, -0.1) is 0 Å². The first kappa shape index (κ1) is 21.7. The van der Waals surface area contributed by atoms with Crippen molar-refractivity contribution in [3.05, 3.63) is 22.8 Å². The summed E-state index contributed by atoms with van der Waals surface area (Å²) in [4.78, 5) is 0. The van der Waals surface area contributed by atoms with Crippen LogP contribution in [0.3, 0.4) is 0 Å². The topological polar surface area (TPSA) is 0 Å². The average Bonchev–Trinajstić information content (AvgIpc) is 2.98. The van der Waals surface area contributed by atoms with Gasteiger partial charge >= 0.3 is 0 Å². The summed E-state index contributed by atoms with van der Waals surface area (Å²) in [5, 5.41) is 0. The number of allylic oxidation sites excluding steroid dienone is 4. The fraction of sp³-hybridized carbons (Fsp3) is 0.862. The molecule has 0 aromatic carbocycles. The predicted molar refractivity (Wildman–Crippen MR) is 127 cm³/mol. The zero-order valence-electron chi connectivity index (χ0n) is 20.7. The summed E-state index contributed by atoms with van der Waals surface area (Å²) in [5.74, 6) is 3.51. The maximum atomic E-state index is 2.72. The molecule has 0 heterocycles. The molecule has 0 nitrogen and oxygen atoms in total. The van der Waals surface area contributed by atoms with Gasteiger partial charge in [0, 0.05) is 0 Å². The minimum Gasteiger partial charge on any atom is -0.0802 e. The minimum absolute atomic E-state index is 0.462. The third kappa shape index (κ3) is 3.49. The smallest absolute Gasteiger partial charge is 0.00389 e. The summed E-state index contributed by atoms with van der Waals surface area (Å²) < 4.78 is 0. The zero-order chi connectivity index (χ0) is 21.0. The fourth-order valence-electron chi connectivity index (χ4n) is 8.73. The highest BCUT2D eigenvalue weighted by Gasteiger charge is 2.55. The maximum Gasteiger partial charge on any atom is -0.00389 e. The van der Waals surface area contributed by atoms with Gasteiger partial charge in [0.25, 0.3) is 0 Å². The molecular weight excluding hydrogens is 348 g/mol. The van der Waals surface area contributed by atoms with Gasteiger partial charge in [-0.05, 0) is 96.0 Å². The molecule has 0 N–H and O–H groups in total. The van der Waals surface area contributed by atoms with Crippen molar-refractivity contribution >= 4 is 0 Å². The Morgan fingerprint density at radius 1 is 0.931 bits per heavy atom. The van der Waals surface area contributed by atoms with Crippen molar-refractivity contribution < 1.29 is 0 Å². The van der Waals surface area contributed by atoms with E-state index in [1.165, 1.54) is 70.6 Å². The van der Waals surface area contributed by atoms with E-state index in [0.29, 0.717) is 16.2 Å². The van der Waals surface area contributed by atoms with Crippen molar-refractivity contribution in [3.8, 4) is 0 Å². The van der Waals surface area contributed by atoms with Crippen LogP contribution in [0.15, 0.2) is 22.8 Å². The van der Waals surface area contributed by atoms with Crippen molar-refractivity contribution in [1.82, 2.24) is 0 Å². The lowest BCUT2D eigenvalue weighted by Gasteiger charge is -2.58. The first-order valence-electron chi connectivity index (χ1n) is 13.0. The summed E-state index contributed by atoms with van der Waals surface area (Å²) in [6.45, 7) is 17.8. The van der Waals surface area contributed by atoms with Crippen LogP contribution < -0.4 is 0 Å². The van der Waals surface area contributed by atoms with Crippen LogP contribution in [-0.2, 0) is 0 Å². The van der Waals surface area contributed by atoms with Gasteiger partial charge in [-0.25, -0.2) is 0 Å². The highest BCUT2D eigenvalue weighted by molar-refractivity contribution is 5.49. The van der Waals surface area contributed by atoms with Crippen LogP contribution >= 0.6 is 0 Å². The predicted octanol–water partition coefficient (Wildman–Crippen LogP) is 9.12. The molecule has 0 saturated heterocycles. The Morgan fingerprint density at radius 3 is 2.41 bits per heavy atom. The van der Waals surface area contributed by atoms with Crippen LogP contribution in [0.4, 0.5) is 0 Å². The van der Waals surface area contributed by atoms with Crippen LogP contribution in [-0.4, -0.2) is 0 Å². The first-order valence-corrected chi connectivity index (χ1v) is 13.0. The number of fused-ring (bicyclic) bond motifs is 4. The van der Waals surface area contributed by atoms with Crippen molar-refractivity contribution in [2.75, 3.05) is 0 Å². The lowest BCUT2D eigenvalue weighted by Crippen LogP contribution is -2.47. The Labute approximate surface area is 182 Å². The normalized spacial score (nSPS) is 39.7. The standard InChI is InChI=1S/C29H48/c1-20(2)10-8-11-21(3)23-13-14-24-22-12-15-26-27(4,5)17-9-18-29(26,7)25(22)16-19-28(23,24)6/h14,20-21,23,26H,8-13,15-19H2,1-7H3/t21-,23-,26?,28-,29-/m1/s1. The quantitative estimate of drug-likeness (QED) is 0.434. The number of hydrogen-bond acceptors (Lipinski definition) is 0. The van der Waals surface area contributed by atoms with E-state index >= 15 is 0 Å². The van der Waals surface area contributed by atoms with E-state index in [1.54, 1.807) is 0 Å². The summed E-state index contributed by atoms with van der Waals surface area (Å²) in [5.41, 5.74) is 7.07. The van der Waals surface area contributed by atoms with Crippen molar-refractivity contribution in [3.63, 3.8) is 0 Å². The van der Waals surface area contributed by atoms with Crippen LogP contribution in [0.1, 0.15) is 119 Å². The Balaban J connectivity index is 1.57. The largest absolute Gasteiger partial charge is 0.0802 e. The lowest BCUT2D eigenvalue weighted by molar-refractivity contribution is 0.00592. The Hall–Kier alpha value is -0.520. The molecule has 0 heteroatoms. The summed E-state index contributed by atoms with van der Waals surface area (Å²) >= 11 is 0. The Bertz CT molecular complexity index is 689. The Kier molecular flexibility index (Phi) is 5.66. The molecule has 4 aliphatic carbocycles. The molecule has 0 aromatic heterocycles. The summed E-state index contributed by atoms with van der Waals surface area (Å²) in [7, 11) is 0. The molecule has 5 atom stereocenters. The monoisotopic (exact) mass is 396 g/mol. The molecule has 4 aliphatic rings. The molecule has 0 amide bonds. The van der Waals surface area contributed by atoms with E-state index in [9.17, 15) is 0 Å². The maximum absolute atomic E-state index is 2.72. The number of rotatable bonds is 5. The molecule has 4 rings (SSSR count). The minimum atomic E-state index is 0.462.